The zero-order valence-electron chi connectivity index (χ0n) is 10.6. The van der Waals surface area contributed by atoms with Crippen molar-refractivity contribution in [3.8, 4) is 0 Å². The second-order valence-electron chi connectivity index (χ2n) is 5.68. The van der Waals surface area contributed by atoms with E-state index in [2.05, 4.69) is 29.6 Å². The smallest absolute Gasteiger partial charge is 0.0323 e. The summed E-state index contributed by atoms with van der Waals surface area (Å²) in [6.45, 7) is 1.20. The zero-order chi connectivity index (χ0) is 11.5. The van der Waals surface area contributed by atoms with E-state index < -0.39 is 0 Å². The summed E-state index contributed by atoms with van der Waals surface area (Å²) in [5, 5.41) is 3.76. The zero-order valence-corrected chi connectivity index (χ0v) is 10.6. The number of hydrogen-bond donors (Lipinski definition) is 1. The lowest BCUT2D eigenvalue weighted by Crippen LogP contribution is -2.26. The van der Waals surface area contributed by atoms with Gasteiger partial charge in [0.15, 0.2) is 0 Å². The van der Waals surface area contributed by atoms with Gasteiger partial charge < -0.3 is 5.32 Å². The predicted molar refractivity (Wildman–Crippen MR) is 72.1 cm³/mol. The predicted octanol–water partition coefficient (Wildman–Crippen LogP) is 3.84. The molecule has 0 bridgehead atoms. The van der Waals surface area contributed by atoms with Crippen LogP contribution >= 0.6 is 0 Å². The summed E-state index contributed by atoms with van der Waals surface area (Å²) in [4.78, 5) is 0. The minimum Gasteiger partial charge on any atom is -0.310 e. The lowest BCUT2D eigenvalue weighted by Gasteiger charge is -2.26. The van der Waals surface area contributed by atoms with Crippen molar-refractivity contribution in [2.75, 3.05) is 6.54 Å². The highest BCUT2D eigenvalue weighted by atomic mass is 14.9. The van der Waals surface area contributed by atoms with Crippen molar-refractivity contribution in [1.82, 2.24) is 5.32 Å². The lowest BCUT2D eigenvalue weighted by atomic mass is 9.88. The summed E-state index contributed by atoms with van der Waals surface area (Å²) < 4.78 is 0. The average molecular weight is 229 g/mol. The van der Waals surface area contributed by atoms with Crippen LogP contribution in [0.2, 0.25) is 0 Å². The molecule has 0 amide bonds. The van der Waals surface area contributed by atoms with Gasteiger partial charge in [-0.3, -0.25) is 0 Å². The number of hydrogen-bond acceptors (Lipinski definition) is 1. The van der Waals surface area contributed by atoms with Crippen LogP contribution in [0.4, 0.5) is 0 Å². The molecule has 0 aliphatic heterocycles. The molecule has 17 heavy (non-hydrogen) atoms. The van der Waals surface area contributed by atoms with Crippen molar-refractivity contribution >= 4 is 0 Å². The molecule has 0 spiro atoms. The van der Waals surface area contributed by atoms with Crippen molar-refractivity contribution in [2.45, 2.75) is 51.0 Å². The van der Waals surface area contributed by atoms with Crippen LogP contribution in [-0.2, 0) is 6.42 Å². The highest BCUT2D eigenvalue weighted by Gasteiger charge is 2.21. The third-order valence-electron chi connectivity index (χ3n) is 4.25. The Balaban J connectivity index is 1.52. The second-order valence-corrected chi connectivity index (χ2v) is 5.68. The number of fused-ring (bicyclic) bond motifs is 1. The molecule has 1 heteroatoms. The summed E-state index contributed by atoms with van der Waals surface area (Å²) in [7, 11) is 0. The molecule has 1 aromatic rings. The summed E-state index contributed by atoms with van der Waals surface area (Å²) in [6.07, 6.45) is 9.73. The summed E-state index contributed by atoms with van der Waals surface area (Å²) in [5.41, 5.74) is 3.13. The highest BCUT2D eigenvalue weighted by molar-refractivity contribution is 5.32. The molecule has 0 radical (unpaired) electrons. The fourth-order valence-corrected chi connectivity index (χ4v) is 3.04. The van der Waals surface area contributed by atoms with E-state index in [0.29, 0.717) is 6.04 Å². The van der Waals surface area contributed by atoms with Crippen LogP contribution in [0.1, 0.15) is 55.7 Å². The molecule has 2 aliphatic carbocycles. The fourth-order valence-electron chi connectivity index (χ4n) is 3.04. The molecule has 1 saturated carbocycles. The van der Waals surface area contributed by atoms with Crippen molar-refractivity contribution < 1.29 is 0 Å². The summed E-state index contributed by atoms with van der Waals surface area (Å²) >= 11 is 0. The van der Waals surface area contributed by atoms with E-state index in [1.807, 2.05) is 0 Å². The molecule has 0 saturated heterocycles. The molecule has 0 heterocycles. The number of nitrogens with one attached hydrogen (secondary N) is 1. The molecule has 1 aromatic carbocycles. The van der Waals surface area contributed by atoms with E-state index in [4.69, 9.17) is 0 Å². The molecule has 1 atom stereocenters. The topological polar surface area (TPSA) is 12.0 Å². The van der Waals surface area contributed by atoms with Gasteiger partial charge in [0.25, 0.3) is 0 Å². The Morgan fingerprint density at radius 3 is 2.88 bits per heavy atom. The van der Waals surface area contributed by atoms with Gasteiger partial charge in [-0.15, -0.1) is 0 Å². The molecular weight excluding hydrogens is 206 g/mol. The Morgan fingerprint density at radius 2 is 2.00 bits per heavy atom. The first-order valence-corrected chi connectivity index (χ1v) is 7.24. The monoisotopic (exact) mass is 229 g/mol. The first kappa shape index (κ1) is 11.3. The Hall–Kier alpha value is -0.820. The fraction of sp³-hybridized carbons (Fsp3) is 0.625. The lowest BCUT2D eigenvalue weighted by molar-refractivity contribution is 0.448. The maximum atomic E-state index is 3.76. The first-order valence-electron chi connectivity index (χ1n) is 7.24. The van der Waals surface area contributed by atoms with Gasteiger partial charge in [0, 0.05) is 6.04 Å². The SMILES string of the molecule is c1ccc2c(c1)CCCC2NCCCC1CC1. The van der Waals surface area contributed by atoms with Crippen LogP contribution in [0.25, 0.3) is 0 Å². The summed E-state index contributed by atoms with van der Waals surface area (Å²) in [5.74, 6) is 1.08. The molecule has 1 N–H and O–H groups in total. The van der Waals surface area contributed by atoms with Crippen LogP contribution in [0, 0.1) is 5.92 Å². The molecule has 1 nitrogen and oxygen atoms in total. The van der Waals surface area contributed by atoms with Crippen molar-refractivity contribution in [1.29, 1.82) is 0 Å². The Labute approximate surface area is 105 Å². The number of aryl methyl sites for hydroxylation is 1. The van der Waals surface area contributed by atoms with Gasteiger partial charge in [-0.25, -0.2) is 0 Å². The molecule has 3 rings (SSSR count). The minimum atomic E-state index is 0.624. The van der Waals surface area contributed by atoms with E-state index >= 15 is 0 Å². The molecule has 2 aliphatic rings. The van der Waals surface area contributed by atoms with E-state index in [-0.39, 0.29) is 0 Å². The molecule has 92 valence electrons. The molecule has 1 unspecified atom stereocenters. The largest absolute Gasteiger partial charge is 0.310 e. The quantitative estimate of drug-likeness (QED) is 0.756. The molecular formula is C16H23N. The maximum absolute atomic E-state index is 3.76. The van der Waals surface area contributed by atoms with Gasteiger partial charge in [0.2, 0.25) is 0 Å². The van der Waals surface area contributed by atoms with Crippen LogP contribution < -0.4 is 5.32 Å². The van der Waals surface area contributed by atoms with E-state index in [1.165, 1.54) is 51.5 Å². The van der Waals surface area contributed by atoms with Crippen LogP contribution in [0.5, 0.6) is 0 Å². The maximum Gasteiger partial charge on any atom is 0.0323 e. The summed E-state index contributed by atoms with van der Waals surface area (Å²) in [6, 6.07) is 9.59. The highest BCUT2D eigenvalue weighted by Crippen LogP contribution is 2.33. The molecule has 1 fully saturated rings. The minimum absolute atomic E-state index is 0.624. The normalized spacial score (nSPS) is 23.4. The van der Waals surface area contributed by atoms with Crippen molar-refractivity contribution in [2.24, 2.45) is 5.92 Å². The third kappa shape index (κ3) is 2.90. The van der Waals surface area contributed by atoms with E-state index in [9.17, 15) is 0 Å². The van der Waals surface area contributed by atoms with Gasteiger partial charge in [0.1, 0.15) is 0 Å². The average Bonchev–Trinajstić information content (AvgIpc) is 3.19. The molecule has 0 aromatic heterocycles. The van der Waals surface area contributed by atoms with Gasteiger partial charge in [0.05, 0.1) is 0 Å². The second kappa shape index (κ2) is 5.22. The van der Waals surface area contributed by atoms with Gasteiger partial charge >= 0.3 is 0 Å². The van der Waals surface area contributed by atoms with Gasteiger partial charge in [-0.2, -0.15) is 0 Å². The van der Waals surface area contributed by atoms with Crippen LogP contribution in [-0.4, -0.2) is 6.54 Å². The van der Waals surface area contributed by atoms with E-state index in [0.717, 1.165) is 5.92 Å². The standard InChI is InChI=1S/C16H23N/c1-2-8-15-14(6-1)7-3-9-16(15)17-12-4-5-13-10-11-13/h1-2,6,8,13,16-17H,3-5,7,9-12H2. The number of rotatable bonds is 5. The van der Waals surface area contributed by atoms with Gasteiger partial charge in [-0.1, -0.05) is 37.1 Å². The van der Waals surface area contributed by atoms with Crippen molar-refractivity contribution in [3.63, 3.8) is 0 Å². The first-order chi connectivity index (χ1) is 8.43. The Morgan fingerprint density at radius 1 is 1.12 bits per heavy atom. The van der Waals surface area contributed by atoms with Crippen molar-refractivity contribution in [3.05, 3.63) is 35.4 Å². The Bertz CT molecular complexity index is 368. The van der Waals surface area contributed by atoms with E-state index in [1.54, 1.807) is 11.1 Å². The Kier molecular flexibility index (Phi) is 3.46. The number of benzene rings is 1. The van der Waals surface area contributed by atoms with Gasteiger partial charge in [-0.05, 0) is 55.7 Å². The van der Waals surface area contributed by atoms with Crippen LogP contribution in [0.3, 0.4) is 0 Å². The third-order valence-corrected chi connectivity index (χ3v) is 4.25. The van der Waals surface area contributed by atoms with Crippen LogP contribution in [0.15, 0.2) is 24.3 Å².